The van der Waals surface area contributed by atoms with Crippen LogP contribution in [0.1, 0.15) is 6.42 Å². The maximum Gasteiger partial charge on any atom is 0.199 e. The summed E-state index contributed by atoms with van der Waals surface area (Å²) in [6, 6.07) is 7.92. The van der Waals surface area contributed by atoms with Gasteiger partial charge in [0.05, 0.1) is 22.7 Å². The molecule has 1 aliphatic rings. The lowest BCUT2D eigenvalue weighted by Crippen LogP contribution is -2.23. The summed E-state index contributed by atoms with van der Waals surface area (Å²) in [6.07, 6.45) is 4.80. The second-order valence-corrected chi connectivity index (χ2v) is 10.3. The van der Waals surface area contributed by atoms with Gasteiger partial charge >= 0.3 is 0 Å². The van der Waals surface area contributed by atoms with Crippen molar-refractivity contribution < 1.29 is 4.74 Å². The summed E-state index contributed by atoms with van der Waals surface area (Å²) < 4.78 is 7.60. The minimum absolute atomic E-state index is 0.172. The molecule has 1 unspecified atom stereocenters. The normalized spacial score (nSPS) is 16.1. The number of hydrogen-bond donors (Lipinski definition) is 0. The van der Waals surface area contributed by atoms with Gasteiger partial charge < -0.3 is 14.2 Å². The lowest BCUT2D eigenvalue weighted by Gasteiger charge is -2.19. The van der Waals surface area contributed by atoms with Crippen molar-refractivity contribution in [3.05, 3.63) is 52.6 Å². The topological polar surface area (TPSA) is 69.0 Å². The lowest BCUT2D eigenvalue weighted by atomic mass is 10.0. The minimum atomic E-state index is 0.172. The van der Waals surface area contributed by atoms with Gasteiger partial charge in [-0.05, 0) is 12.5 Å². The summed E-state index contributed by atoms with van der Waals surface area (Å²) in [4.78, 5) is 23.5. The molecule has 5 aromatic rings. The van der Waals surface area contributed by atoms with Crippen LogP contribution in [0.4, 0.5) is 5.82 Å². The Morgan fingerprint density at radius 2 is 2.06 bits per heavy atom. The number of ether oxygens (including phenoxy) is 1. The fourth-order valence-corrected chi connectivity index (χ4v) is 6.47. The van der Waals surface area contributed by atoms with Crippen LogP contribution in [0.5, 0.6) is 0 Å². The van der Waals surface area contributed by atoms with Gasteiger partial charge in [-0.1, -0.05) is 29.8 Å². The van der Waals surface area contributed by atoms with Crippen LogP contribution in [0, 0.1) is 0 Å². The molecule has 0 aliphatic carbocycles. The van der Waals surface area contributed by atoms with Gasteiger partial charge in [-0.2, -0.15) is 0 Å². The Morgan fingerprint density at radius 3 is 2.76 bits per heavy atom. The molecule has 0 N–H and O–H groups in total. The third kappa shape index (κ3) is 3.60. The number of methoxy groups -OCH3 is 1. The summed E-state index contributed by atoms with van der Waals surface area (Å²) in [5, 5.41) is 3.77. The van der Waals surface area contributed by atoms with Gasteiger partial charge in [0.25, 0.3) is 0 Å². The van der Waals surface area contributed by atoms with Crippen molar-refractivity contribution in [2.75, 3.05) is 25.1 Å². The van der Waals surface area contributed by atoms with E-state index in [1.165, 1.54) is 0 Å². The number of thiophene rings is 1. The number of thiazole rings is 1. The molecule has 0 bridgehead atoms. The van der Waals surface area contributed by atoms with Crippen LogP contribution >= 0.6 is 34.3 Å². The van der Waals surface area contributed by atoms with Gasteiger partial charge in [-0.25, -0.2) is 19.9 Å². The zero-order valence-electron chi connectivity index (χ0n) is 18.6. The van der Waals surface area contributed by atoms with E-state index in [9.17, 15) is 0 Å². The molecular weight excluding hydrogens is 488 g/mol. The van der Waals surface area contributed by atoms with Crippen molar-refractivity contribution in [2.45, 2.75) is 12.5 Å². The van der Waals surface area contributed by atoms with Gasteiger partial charge in [-0.3, -0.25) is 0 Å². The van der Waals surface area contributed by atoms with Gasteiger partial charge in [0.1, 0.15) is 10.6 Å². The number of aromatic nitrogens is 5. The first-order valence-corrected chi connectivity index (χ1v) is 13.0. The van der Waals surface area contributed by atoms with Crippen molar-refractivity contribution in [1.29, 1.82) is 0 Å². The fraction of sp³-hybridized carbons (Fsp3) is 0.250. The van der Waals surface area contributed by atoms with E-state index in [2.05, 4.69) is 20.2 Å². The smallest absolute Gasteiger partial charge is 0.199 e. The largest absolute Gasteiger partial charge is 0.380 e. The van der Waals surface area contributed by atoms with Crippen LogP contribution in [-0.4, -0.2) is 50.8 Å². The number of fused-ring (bicyclic) bond motifs is 1. The van der Waals surface area contributed by atoms with Crippen molar-refractivity contribution >= 4 is 50.3 Å². The number of imidazole rings is 1. The van der Waals surface area contributed by atoms with Crippen LogP contribution in [0.25, 0.3) is 43.6 Å². The second kappa shape index (κ2) is 8.74. The Balaban J connectivity index is 1.68. The van der Waals surface area contributed by atoms with Gasteiger partial charge in [0.2, 0.25) is 0 Å². The molecule has 0 saturated carbocycles. The van der Waals surface area contributed by atoms with Crippen molar-refractivity contribution in [3.8, 4) is 33.3 Å². The second-order valence-electron chi connectivity index (χ2n) is 8.16. The van der Waals surface area contributed by atoms with Crippen molar-refractivity contribution in [1.82, 2.24) is 24.5 Å². The van der Waals surface area contributed by atoms with Gasteiger partial charge in [-0.15, -0.1) is 22.7 Å². The first-order valence-electron chi connectivity index (χ1n) is 10.9. The molecular formula is C24H21ClN6OS2. The number of benzene rings is 1. The molecule has 0 amide bonds. The van der Waals surface area contributed by atoms with Crippen molar-refractivity contribution in [2.24, 2.45) is 7.05 Å². The van der Waals surface area contributed by atoms with Gasteiger partial charge in [0, 0.05) is 66.0 Å². The molecule has 5 heterocycles. The first kappa shape index (κ1) is 21.7. The Kier molecular flexibility index (Phi) is 5.57. The molecule has 1 atom stereocenters. The Labute approximate surface area is 209 Å². The number of aryl methyl sites for hydroxylation is 1. The number of hydrogen-bond acceptors (Lipinski definition) is 8. The Bertz CT molecular complexity index is 1480. The highest BCUT2D eigenvalue weighted by Crippen LogP contribution is 2.49. The fourth-order valence-electron chi connectivity index (χ4n) is 4.42. The average Bonchev–Trinajstić information content (AvgIpc) is 3.64. The molecule has 10 heteroatoms. The minimum Gasteiger partial charge on any atom is -0.380 e. The molecule has 172 valence electrons. The lowest BCUT2D eigenvalue weighted by molar-refractivity contribution is 0.121. The van der Waals surface area contributed by atoms with Crippen LogP contribution in [-0.2, 0) is 11.8 Å². The molecule has 7 nitrogen and oxygen atoms in total. The average molecular weight is 509 g/mol. The van der Waals surface area contributed by atoms with E-state index in [-0.39, 0.29) is 6.10 Å². The van der Waals surface area contributed by atoms with Crippen LogP contribution < -0.4 is 4.90 Å². The molecule has 0 spiro atoms. The molecule has 0 radical (unpaired) electrons. The molecule has 4 aromatic heterocycles. The standard InChI is InChI=1S/C24H21ClN6OS2/c1-30-10-8-26-23(30)21-28-22(31-9-7-14(11-31)32-2)19-18(17-12-33-13-27-17)20(34-24(19)29-21)15-5-3-4-6-16(15)25/h3-6,8,10,12-14H,7,9,11H2,1-2H3. The van der Waals surface area contributed by atoms with Crippen molar-refractivity contribution in [3.63, 3.8) is 0 Å². The SMILES string of the molecule is COC1CCN(c2nc(-c3nccn3C)nc3sc(-c4ccccc4Cl)c(-c4cscn4)c23)C1. The third-order valence-electron chi connectivity index (χ3n) is 6.14. The number of nitrogens with zero attached hydrogens (tertiary/aromatic N) is 6. The van der Waals surface area contributed by atoms with Crippen LogP contribution in [0.15, 0.2) is 47.5 Å². The highest BCUT2D eigenvalue weighted by molar-refractivity contribution is 7.22. The number of anilines is 1. The van der Waals surface area contributed by atoms with E-state index >= 15 is 0 Å². The van der Waals surface area contributed by atoms with E-state index in [1.807, 2.05) is 47.6 Å². The first-order chi connectivity index (χ1) is 16.6. The molecule has 1 fully saturated rings. The molecule has 6 rings (SSSR count). The summed E-state index contributed by atoms with van der Waals surface area (Å²) in [6.45, 7) is 1.63. The summed E-state index contributed by atoms with van der Waals surface area (Å²) >= 11 is 9.86. The van der Waals surface area contributed by atoms with E-state index in [1.54, 1.807) is 36.0 Å². The maximum atomic E-state index is 6.67. The van der Waals surface area contributed by atoms with E-state index in [0.29, 0.717) is 10.8 Å². The highest BCUT2D eigenvalue weighted by Gasteiger charge is 2.30. The van der Waals surface area contributed by atoms with E-state index < -0.39 is 0 Å². The predicted molar refractivity (Wildman–Crippen MR) is 139 cm³/mol. The van der Waals surface area contributed by atoms with Gasteiger partial charge in [0.15, 0.2) is 11.6 Å². The monoisotopic (exact) mass is 508 g/mol. The molecule has 1 aromatic carbocycles. The zero-order valence-corrected chi connectivity index (χ0v) is 21.0. The van der Waals surface area contributed by atoms with Crippen LogP contribution in [0.2, 0.25) is 5.02 Å². The summed E-state index contributed by atoms with van der Waals surface area (Å²) in [5.41, 5.74) is 4.75. The van der Waals surface area contributed by atoms with E-state index in [4.69, 9.17) is 26.3 Å². The molecule has 1 aliphatic heterocycles. The Morgan fingerprint density at radius 1 is 1.18 bits per heavy atom. The predicted octanol–water partition coefficient (Wildman–Crippen LogP) is 5.76. The third-order valence-corrected chi connectivity index (χ3v) is 8.17. The van der Waals surface area contributed by atoms with Crippen LogP contribution in [0.3, 0.4) is 0 Å². The van der Waals surface area contributed by atoms with E-state index in [0.717, 1.165) is 63.1 Å². The molecule has 1 saturated heterocycles. The Hall–Kier alpha value is -2.85. The maximum absolute atomic E-state index is 6.67. The quantitative estimate of drug-likeness (QED) is 0.300. The molecule has 34 heavy (non-hydrogen) atoms. The highest BCUT2D eigenvalue weighted by atomic mass is 35.5. The summed E-state index contributed by atoms with van der Waals surface area (Å²) in [5.74, 6) is 2.22. The summed E-state index contributed by atoms with van der Waals surface area (Å²) in [7, 11) is 3.72. The number of halogens is 1. The zero-order chi connectivity index (χ0) is 23.2. The number of rotatable bonds is 5.